The smallest absolute Gasteiger partial charge is 0.388 e. The Bertz CT molecular complexity index is 2490. The van der Waals surface area contributed by atoms with Gasteiger partial charge in [0, 0.05) is 39.8 Å². The Morgan fingerprint density at radius 3 is 1.64 bits per heavy atom. The monoisotopic (exact) mass is 1260 g/mol. The lowest BCUT2D eigenvalue weighted by atomic mass is 9.88. The van der Waals surface area contributed by atoms with Crippen LogP contribution in [0.1, 0.15) is 227 Å². The molecule has 89 heavy (non-hydrogen) atoms. The average molecular weight is 1260 g/mol. The van der Waals surface area contributed by atoms with E-state index in [2.05, 4.69) is 121 Å². The summed E-state index contributed by atoms with van der Waals surface area (Å²) in [5.41, 5.74) is 0. The van der Waals surface area contributed by atoms with Crippen LogP contribution in [-0.4, -0.2) is 134 Å². The summed E-state index contributed by atoms with van der Waals surface area (Å²) in [6, 6.07) is -2.40. The fraction of sp³-hybridized carbons (Fsp3) is 0.732. The number of methoxy groups -OCH3 is 2. The second kappa shape index (κ2) is 52.7. The Morgan fingerprint density at radius 1 is 0.573 bits per heavy atom. The minimum absolute atomic E-state index is 0.0330. The van der Waals surface area contributed by atoms with E-state index >= 15 is 0 Å². The molecule has 0 aromatic rings. The summed E-state index contributed by atoms with van der Waals surface area (Å²) >= 11 is 0. The van der Waals surface area contributed by atoms with Crippen molar-refractivity contribution in [2.75, 3.05) is 40.6 Å². The highest BCUT2D eigenvalue weighted by Crippen LogP contribution is 2.41. The van der Waals surface area contributed by atoms with Crippen molar-refractivity contribution in [3.05, 3.63) is 12.2 Å². The van der Waals surface area contributed by atoms with E-state index < -0.39 is 87.7 Å². The van der Waals surface area contributed by atoms with Gasteiger partial charge in [-0.25, -0.2) is 4.57 Å². The van der Waals surface area contributed by atoms with Crippen LogP contribution in [0, 0.1) is 89.3 Å². The number of aliphatic hydroxyl groups excluding tert-OH is 1. The molecule has 0 aromatic heterocycles. The number of aliphatic hydroxyl groups is 1. The first kappa shape index (κ1) is 80.2. The van der Waals surface area contributed by atoms with E-state index in [1.54, 1.807) is 14.2 Å². The first-order valence-electron chi connectivity index (χ1n) is 33.0. The van der Waals surface area contributed by atoms with Crippen molar-refractivity contribution in [3.8, 4) is 83.4 Å². The number of ketones is 1. The van der Waals surface area contributed by atoms with Crippen LogP contribution in [0.3, 0.4) is 0 Å². The predicted octanol–water partition coefficient (Wildman–Crippen LogP) is 10.9. The number of terminal acetylenes is 1. The second-order valence-electron chi connectivity index (χ2n) is 22.9. The molecule has 0 saturated carbocycles. The van der Waals surface area contributed by atoms with Gasteiger partial charge in [-0.15, -0.1) is 6.42 Å². The molecule has 17 nitrogen and oxygen atoms in total. The minimum atomic E-state index is -5.37. The van der Waals surface area contributed by atoms with E-state index in [-0.39, 0.29) is 44.0 Å². The normalized spacial score (nSPS) is 21.5. The molecule has 0 spiro atoms. The van der Waals surface area contributed by atoms with Crippen molar-refractivity contribution >= 4 is 25.4 Å². The first-order valence-corrected chi connectivity index (χ1v) is 34.5. The number of amides is 2. The molecule has 2 aliphatic heterocycles. The Hall–Kier alpha value is -4.94. The van der Waals surface area contributed by atoms with Gasteiger partial charge in [0.25, 0.3) is 0 Å². The minimum Gasteiger partial charge on any atom is -0.388 e. The SMILES string of the molecule is C#CC#CC#CC#CC#CC#CC#CCC(=O)CC(=O)N[C@H]1[C@@H](OP(=O)(O)O)O[C@H](CO[C@@H]2O[C@H](COC)[C@@H](C)[C@H](OCC[C@@H](CCCCCCC)OC)[C@H]2NC(=O)CCCCCCCCC/C=C\CCCCCC)[C@@H](O)[C@@H]1OCCCCCCCCCC. The maximum absolute atomic E-state index is 14.0. The van der Waals surface area contributed by atoms with Crippen LogP contribution in [0.4, 0.5) is 0 Å². The number of carbonyl (C=O) groups excluding carboxylic acids is 3. The topological polar surface area (TPSA) is 227 Å². The van der Waals surface area contributed by atoms with Crippen LogP contribution >= 0.6 is 7.82 Å². The third-order valence-corrected chi connectivity index (χ3v) is 16.0. The van der Waals surface area contributed by atoms with Gasteiger partial charge in [0.2, 0.25) is 11.8 Å². The third kappa shape index (κ3) is 39.2. The fourth-order valence-corrected chi connectivity index (χ4v) is 11.0. The molecule has 2 rings (SSSR count). The zero-order chi connectivity index (χ0) is 65.0. The van der Waals surface area contributed by atoms with Gasteiger partial charge in [0.1, 0.15) is 30.4 Å². The highest BCUT2D eigenvalue weighted by atomic mass is 31.2. The second-order valence-corrected chi connectivity index (χ2v) is 24.1. The standard InChI is InChI=1S/C71H107N2O15P/c1-8-12-16-20-23-26-28-30-31-33-35-37-39-43-47-51-63(75)72-65-68(84-54-52-60(82-7)50-46-41-19-15-11-4)58(5)61(56-81-6)86-70(65)85-57-62-67(77)69(83-53-48-44-40-25-22-18-14-10-3)66(71(87-62)88-89(78,79)80)73-64(76)55-59(74)49-45-42-38-36-34-32-29-27-24-21-17-13-9-2/h2,26,28,58,60-62,65-71,77H,8,10-12,14-16,18-20,22-23,25,30-31,33,35,37,39-41,43-44,46-57H2,1,3-7H3,(H,72,75)(H,73,76)(H2,78,79,80)/b28-26-/t58-,60-,61-,62-,65-,66-,67-,68+,69-,70-,71-/m1/s1. The van der Waals surface area contributed by atoms with Crippen molar-refractivity contribution in [2.24, 2.45) is 5.92 Å². The Morgan fingerprint density at radius 2 is 1.07 bits per heavy atom. The number of nitrogens with one attached hydrogen (secondary N) is 2. The number of hydrogen-bond donors (Lipinski definition) is 5. The number of phosphoric acid groups is 1. The van der Waals surface area contributed by atoms with Crippen LogP contribution in [0.25, 0.3) is 0 Å². The summed E-state index contributed by atoms with van der Waals surface area (Å²) in [6.45, 7) is 8.67. The lowest BCUT2D eigenvalue weighted by Crippen LogP contribution is -2.66. The first-order chi connectivity index (χ1) is 43.2. The number of allylic oxidation sites excluding steroid dienone is 2. The molecule has 2 amide bonds. The lowest BCUT2D eigenvalue weighted by molar-refractivity contribution is -0.295. The summed E-state index contributed by atoms with van der Waals surface area (Å²) in [5, 5.41) is 18.0. The van der Waals surface area contributed by atoms with Gasteiger partial charge in [0.15, 0.2) is 18.4 Å². The number of unbranched alkanes of at least 4 members (excludes halogenated alkanes) is 22. The molecule has 0 unspecified atom stereocenters. The number of carbonyl (C=O) groups is 3. The van der Waals surface area contributed by atoms with Gasteiger partial charge in [0.05, 0.1) is 44.4 Å². The van der Waals surface area contributed by atoms with Crippen molar-refractivity contribution < 1.29 is 71.5 Å². The van der Waals surface area contributed by atoms with Crippen molar-refractivity contribution in [1.82, 2.24) is 10.6 Å². The maximum Gasteiger partial charge on any atom is 0.472 e. The number of rotatable bonds is 48. The Balaban J connectivity index is 2.38. The highest BCUT2D eigenvalue weighted by molar-refractivity contribution is 7.46. The summed E-state index contributed by atoms with van der Waals surface area (Å²) < 4.78 is 61.7. The maximum atomic E-state index is 14.0. The molecule has 0 bridgehead atoms. The Labute approximate surface area is 535 Å². The van der Waals surface area contributed by atoms with Crippen molar-refractivity contribution in [2.45, 2.75) is 288 Å². The van der Waals surface area contributed by atoms with Gasteiger partial charge >= 0.3 is 7.82 Å². The summed E-state index contributed by atoms with van der Waals surface area (Å²) in [7, 11) is -2.10. The number of ether oxygens (including phenoxy) is 7. The van der Waals surface area contributed by atoms with Crippen LogP contribution in [0.15, 0.2) is 12.2 Å². The molecular formula is C71H107N2O15P. The molecule has 2 fully saturated rings. The molecule has 18 heteroatoms. The molecule has 5 N–H and O–H groups in total. The van der Waals surface area contributed by atoms with E-state index in [0.717, 1.165) is 103 Å². The summed E-state index contributed by atoms with van der Waals surface area (Å²) in [4.78, 5) is 61.1. The molecule has 0 aromatic carbocycles. The third-order valence-electron chi connectivity index (χ3n) is 15.5. The molecular weight excluding hydrogens is 1150 g/mol. The molecule has 496 valence electrons. The average Bonchev–Trinajstić information content (AvgIpc) is 3.33. The van der Waals surface area contributed by atoms with E-state index in [4.69, 9.17) is 44.1 Å². The quantitative estimate of drug-likeness (QED) is 0.0126. The van der Waals surface area contributed by atoms with Crippen molar-refractivity contribution in [1.29, 1.82) is 0 Å². The van der Waals surface area contributed by atoms with Gasteiger partial charge in [-0.2, -0.15) is 0 Å². The largest absolute Gasteiger partial charge is 0.472 e. The van der Waals surface area contributed by atoms with Gasteiger partial charge in [-0.3, -0.25) is 18.9 Å². The van der Waals surface area contributed by atoms with Crippen molar-refractivity contribution in [3.63, 3.8) is 0 Å². The molecule has 2 saturated heterocycles. The molecule has 2 heterocycles. The lowest BCUT2D eigenvalue weighted by Gasteiger charge is -2.47. The van der Waals surface area contributed by atoms with Crippen LogP contribution < -0.4 is 10.6 Å². The van der Waals surface area contributed by atoms with Crippen LogP contribution in [0.5, 0.6) is 0 Å². The van der Waals surface area contributed by atoms with Gasteiger partial charge in [-0.05, 0) is 122 Å². The van der Waals surface area contributed by atoms with E-state index in [0.29, 0.717) is 25.9 Å². The summed E-state index contributed by atoms with van der Waals surface area (Å²) in [5.74, 6) is 29.7. The number of hydrogen-bond acceptors (Lipinski definition) is 13. The predicted molar refractivity (Wildman–Crippen MR) is 347 cm³/mol. The number of phosphoric ester groups is 1. The fourth-order valence-electron chi connectivity index (χ4n) is 10.5. The number of Topliss-reactive ketones (excluding diaryl/α,β-unsaturated/α-hetero) is 1. The van der Waals surface area contributed by atoms with Crippen LogP contribution in [0.2, 0.25) is 0 Å². The van der Waals surface area contributed by atoms with Gasteiger partial charge in [-0.1, -0.05) is 174 Å². The van der Waals surface area contributed by atoms with E-state index in [1.807, 2.05) is 6.92 Å². The summed E-state index contributed by atoms with van der Waals surface area (Å²) in [6.07, 6.45) is 29.8. The highest BCUT2D eigenvalue weighted by Gasteiger charge is 2.51. The zero-order valence-corrected chi connectivity index (χ0v) is 55.4. The van der Waals surface area contributed by atoms with Crippen LogP contribution in [-0.2, 0) is 56.6 Å². The Kier molecular flexibility index (Phi) is 47.4. The molecule has 0 aliphatic carbocycles. The molecule has 0 radical (unpaired) electrons. The van der Waals surface area contributed by atoms with Gasteiger partial charge < -0.3 is 58.7 Å². The zero-order valence-electron chi connectivity index (χ0n) is 54.5. The van der Waals surface area contributed by atoms with E-state index in [9.17, 15) is 33.8 Å². The molecule has 11 atom stereocenters. The van der Waals surface area contributed by atoms with E-state index in [1.165, 1.54) is 57.8 Å². The molecule has 2 aliphatic rings.